The van der Waals surface area contributed by atoms with Gasteiger partial charge in [-0.2, -0.15) is 0 Å². The monoisotopic (exact) mass is 306 g/mol. The first-order valence-electron chi connectivity index (χ1n) is 6.47. The van der Waals surface area contributed by atoms with Gasteiger partial charge in [-0.15, -0.1) is 0 Å². The quantitative estimate of drug-likeness (QED) is 0.776. The topological polar surface area (TPSA) is 91.7 Å². The van der Waals surface area contributed by atoms with E-state index in [1.165, 1.54) is 37.5 Å². The fourth-order valence-corrected chi connectivity index (χ4v) is 1.85. The van der Waals surface area contributed by atoms with E-state index in [0.29, 0.717) is 11.3 Å². The van der Waals surface area contributed by atoms with Gasteiger partial charge in [-0.3, -0.25) is 4.79 Å². The smallest absolute Gasteiger partial charge is 0.273 e. The lowest BCUT2D eigenvalue weighted by Gasteiger charge is -2.13. The number of aromatic nitrogens is 1. The lowest BCUT2D eigenvalue weighted by molar-refractivity contribution is 0.0954. The SMILES string of the molecule is CNC(=O)c1ncc(COc2ccc(F)cc2)c(CO)c1O. The molecule has 1 amide bonds. The second-order valence-corrected chi connectivity index (χ2v) is 4.44. The molecule has 0 aliphatic heterocycles. The minimum atomic E-state index is -0.557. The van der Waals surface area contributed by atoms with Crippen LogP contribution in [0.15, 0.2) is 30.5 Å². The summed E-state index contributed by atoms with van der Waals surface area (Å²) in [4.78, 5) is 15.4. The summed E-state index contributed by atoms with van der Waals surface area (Å²) in [5.41, 5.74) is 0.421. The molecule has 116 valence electrons. The zero-order valence-corrected chi connectivity index (χ0v) is 11.8. The molecular formula is C15H15FN2O4. The molecule has 1 aromatic heterocycles. The van der Waals surface area contributed by atoms with Gasteiger partial charge in [-0.1, -0.05) is 0 Å². The van der Waals surface area contributed by atoms with Crippen molar-refractivity contribution in [1.29, 1.82) is 0 Å². The van der Waals surface area contributed by atoms with E-state index in [9.17, 15) is 19.4 Å². The predicted molar refractivity (Wildman–Crippen MR) is 75.9 cm³/mol. The third kappa shape index (κ3) is 3.32. The number of carbonyl (C=O) groups is 1. The van der Waals surface area contributed by atoms with E-state index in [0.717, 1.165) is 0 Å². The van der Waals surface area contributed by atoms with Crippen molar-refractivity contribution in [3.63, 3.8) is 0 Å². The van der Waals surface area contributed by atoms with E-state index in [1.807, 2.05) is 0 Å². The first-order chi connectivity index (χ1) is 10.6. The summed E-state index contributed by atoms with van der Waals surface area (Å²) >= 11 is 0. The van der Waals surface area contributed by atoms with Crippen LogP contribution in [0.1, 0.15) is 21.6 Å². The fraction of sp³-hybridized carbons (Fsp3) is 0.200. The van der Waals surface area contributed by atoms with Crippen LogP contribution in [-0.2, 0) is 13.2 Å². The van der Waals surface area contributed by atoms with Gasteiger partial charge in [0.15, 0.2) is 11.4 Å². The number of rotatable bonds is 5. The molecule has 2 aromatic rings. The summed E-state index contributed by atoms with van der Waals surface area (Å²) in [5, 5.41) is 21.7. The molecule has 7 heteroatoms. The molecule has 1 heterocycles. The van der Waals surface area contributed by atoms with E-state index in [2.05, 4.69) is 10.3 Å². The Morgan fingerprint density at radius 1 is 1.36 bits per heavy atom. The van der Waals surface area contributed by atoms with Crippen LogP contribution in [0, 0.1) is 5.82 Å². The number of ether oxygens (including phenoxy) is 1. The van der Waals surface area contributed by atoms with Crippen LogP contribution in [0.2, 0.25) is 0 Å². The van der Waals surface area contributed by atoms with E-state index in [1.54, 1.807) is 0 Å². The maximum atomic E-state index is 12.8. The molecule has 0 radical (unpaired) electrons. The van der Waals surface area contributed by atoms with Gasteiger partial charge in [-0.05, 0) is 24.3 Å². The van der Waals surface area contributed by atoms with E-state index >= 15 is 0 Å². The average molecular weight is 306 g/mol. The number of aliphatic hydroxyl groups excluding tert-OH is 1. The van der Waals surface area contributed by atoms with E-state index < -0.39 is 12.5 Å². The van der Waals surface area contributed by atoms with Crippen molar-refractivity contribution in [1.82, 2.24) is 10.3 Å². The molecule has 0 aliphatic carbocycles. The number of aliphatic hydroxyl groups is 1. The molecule has 3 N–H and O–H groups in total. The maximum absolute atomic E-state index is 12.8. The van der Waals surface area contributed by atoms with Crippen LogP contribution in [-0.4, -0.2) is 28.2 Å². The zero-order valence-electron chi connectivity index (χ0n) is 11.8. The summed E-state index contributed by atoms with van der Waals surface area (Å²) in [6.45, 7) is -0.462. The van der Waals surface area contributed by atoms with Crippen molar-refractivity contribution < 1.29 is 24.1 Å². The van der Waals surface area contributed by atoms with Crippen molar-refractivity contribution >= 4 is 5.91 Å². The lowest BCUT2D eigenvalue weighted by Crippen LogP contribution is -2.20. The summed E-state index contributed by atoms with van der Waals surface area (Å²) < 4.78 is 18.2. The number of pyridine rings is 1. The average Bonchev–Trinajstić information content (AvgIpc) is 2.53. The van der Waals surface area contributed by atoms with Crippen molar-refractivity contribution in [3.8, 4) is 11.5 Å². The summed E-state index contributed by atoms with van der Waals surface area (Å²) in [6, 6.07) is 5.43. The molecule has 0 aliphatic rings. The number of nitrogens with zero attached hydrogens (tertiary/aromatic N) is 1. The van der Waals surface area contributed by atoms with Crippen molar-refractivity contribution in [2.75, 3.05) is 7.05 Å². The van der Waals surface area contributed by atoms with Crippen LogP contribution >= 0.6 is 0 Å². The van der Waals surface area contributed by atoms with Gasteiger partial charge in [0, 0.05) is 24.4 Å². The molecule has 0 unspecified atom stereocenters. The Kier molecular flexibility index (Phi) is 4.90. The Morgan fingerprint density at radius 2 is 2.05 bits per heavy atom. The van der Waals surface area contributed by atoms with Crippen molar-refractivity contribution in [3.05, 3.63) is 53.1 Å². The van der Waals surface area contributed by atoms with Gasteiger partial charge in [0.25, 0.3) is 5.91 Å². The third-order valence-corrected chi connectivity index (χ3v) is 3.06. The third-order valence-electron chi connectivity index (χ3n) is 3.06. The molecule has 0 bridgehead atoms. The number of carbonyl (C=O) groups excluding carboxylic acids is 1. The Balaban J connectivity index is 2.22. The predicted octanol–water partition coefficient (Wildman–Crippen LogP) is 1.36. The second kappa shape index (κ2) is 6.86. The van der Waals surface area contributed by atoms with Crippen LogP contribution in [0.3, 0.4) is 0 Å². The van der Waals surface area contributed by atoms with Gasteiger partial charge in [0.2, 0.25) is 0 Å². The highest BCUT2D eigenvalue weighted by Gasteiger charge is 2.18. The van der Waals surface area contributed by atoms with Crippen LogP contribution < -0.4 is 10.1 Å². The summed E-state index contributed by atoms with van der Waals surface area (Å²) in [6.07, 6.45) is 1.35. The molecule has 2 rings (SSSR count). The number of nitrogens with one attached hydrogen (secondary N) is 1. The fourth-order valence-electron chi connectivity index (χ4n) is 1.85. The molecule has 0 saturated carbocycles. The largest absolute Gasteiger partial charge is 0.505 e. The number of benzene rings is 1. The van der Waals surface area contributed by atoms with Crippen molar-refractivity contribution in [2.24, 2.45) is 0 Å². The number of amides is 1. The van der Waals surface area contributed by atoms with Gasteiger partial charge >= 0.3 is 0 Å². The number of aromatic hydroxyl groups is 1. The highest BCUT2D eigenvalue weighted by molar-refractivity contribution is 5.95. The van der Waals surface area contributed by atoms with Crippen LogP contribution in [0.4, 0.5) is 4.39 Å². The Bertz CT molecular complexity index is 674. The molecule has 6 nitrogen and oxygen atoms in total. The normalized spacial score (nSPS) is 10.3. The minimum absolute atomic E-state index is 0.0100. The lowest BCUT2D eigenvalue weighted by atomic mass is 10.1. The first kappa shape index (κ1) is 15.7. The van der Waals surface area contributed by atoms with Gasteiger partial charge < -0.3 is 20.3 Å². The second-order valence-electron chi connectivity index (χ2n) is 4.44. The van der Waals surface area contributed by atoms with Crippen molar-refractivity contribution in [2.45, 2.75) is 13.2 Å². The van der Waals surface area contributed by atoms with Crippen LogP contribution in [0.25, 0.3) is 0 Å². The Morgan fingerprint density at radius 3 is 2.64 bits per heavy atom. The Labute approximate surface area is 126 Å². The van der Waals surface area contributed by atoms with Gasteiger partial charge in [0.05, 0.1) is 6.61 Å². The Hall–Kier alpha value is -2.67. The van der Waals surface area contributed by atoms with Gasteiger partial charge in [-0.25, -0.2) is 9.37 Å². The molecule has 22 heavy (non-hydrogen) atoms. The maximum Gasteiger partial charge on any atom is 0.273 e. The van der Waals surface area contributed by atoms with E-state index in [4.69, 9.17) is 4.74 Å². The zero-order chi connectivity index (χ0) is 16.1. The molecule has 1 aromatic carbocycles. The summed E-state index contributed by atoms with van der Waals surface area (Å²) in [5.74, 6) is -0.891. The molecule has 0 atom stereocenters. The van der Waals surface area contributed by atoms with Crippen LogP contribution in [0.5, 0.6) is 11.5 Å². The highest BCUT2D eigenvalue weighted by atomic mass is 19.1. The summed E-state index contributed by atoms with van der Waals surface area (Å²) in [7, 11) is 1.41. The minimum Gasteiger partial charge on any atom is -0.505 e. The highest BCUT2D eigenvalue weighted by Crippen LogP contribution is 2.25. The molecule has 0 saturated heterocycles. The standard InChI is InChI=1S/C15H15FN2O4/c1-17-15(21)13-14(20)12(7-19)9(6-18-13)8-22-11-4-2-10(16)3-5-11/h2-6,19-20H,7-8H2,1H3,(H,17,21). The number of hydrogen-bond acceptors (Lipinski definition) is 5. The molecule has 0 fully saturated rings. The molecule has 0 spiro atoms. The number of halogens is 1. The van der Waals surface area contributed by atoms with Gasteiger partial charge in [0.1, 0.15) is 18.2 Å². The van der Waals surface area contributed by atoms with E-state index in [-0.39, 0.29) is 29.4 Å². The molecular weight excluding hydrogens is 291 g/mol. The first-order valence-corrected chi connectivity index (χ1v) is 6.47. The number of hydrogen-bond donors (Lipinski definition) is 3.